The molecule has 1 aromatic carbocycles. The molecule has 0 fully saturated rings. The van der Waals surface area contributed by atoms with Crippen LogP contribution in [0.4, 0.5) is 5.69 Å². The summed E-state index contributed by atoms with van der Waals surface area (Å²) in [5.74, 6) is 0.582. The van der Waals surface area contributed by atoms with Gasteiger partial charge < -0.3 is 9.84 Å². The quantitative estimate of drug-likeness (QED) is 0.805. The largest absolute Gasteiger partial charge is 0.421 e. The fourth-order valence-electron chi connectivity index (χ4n) is 1.65. The third-order valence-corrected chi connectivity index (χ3v) is 5.05. The Morgan fingerprint density at radius 1 is 1.44 bits per heavy atom. The lowest BCUT2D eigenvalue weighted by atomic mass is 10.2. The molecule has 0 spiro atoms. The van der Waals surface area contributed by atoms with E-state index in [1.165, 1.54) is 0 Å². The molecule has 0 bridgehead atoms. The first-order chi connectivity index (χ1) is 7.48. The Kier molecular flexibility index (Phi) is 2.72. The van der Waals surface area contributed by atoms with Gasteiger partial charge in [0.1, 0.15) is 5.28 Å². The van der Waals surface area contributed by atoms with Crippen LogP contribution >= 0.6 is 7.60 Å². The summed E-state index contributed by atoms with van der Waals surface area (Å²) in [6.45, 7) is 5.81. The van der Waals surface area contributed by atoms with Crippen LogP contribution in [0.5, 0.6) is 5.75 Å². The zero-order valence-electron chi connectivity index (χ0n) is 9.69. The second-order valence-corrected chi connectivity index (χ2v) is 6.74. The first kappa shape index (κ1) is 11.5. The van der Waals surface area contributed by atoms with E-state index in [0.717, 1.165) is 5.69 Å². The van der Waals surface area contributed by atoms with Crippen LogP contribution in [-0.4, -0.2) is 11.9 Å². The molecule has 0 radical (unpaired) electrons. The van der Waals surface area contributed by atoms with Crippen molar-refractivity contribution in [2.45, 2.75) is 26.1 Å². The summed E-state index contributed by atoms with van der Waals surface area (Å²) in [4.78, 5) is 0. The summed E-state index contributed by atoms with van der Waals surface area (Å²) in [6, 6.07) is 7.42. The van der Waals surface area contributed by atoms with Gasteiger partial charge in [-0.1, -0.05) is 12.1 Å². The number of para-hydroxylation sites is 2. The predicted molar refractivity (Wildman–Crippen MR) is 64.0 cm³/mol. The van der Waals surface area contributed by atoms with Crippen LogP contribution in [0.2, 0.25) is 0 Å². The number of anilines is 1. The van der Waals surface area contributed by atoms with E-state index >= 15 is 0 Å². The lowest BCUT2D eigenvalue weighted by Gasteiger charge is -2.39. The van der Waals surface area contributed by atoms with E-state index < -0.39 is 12.9 Å². The first-order valence-corrected chi connectivity index (χ1v) is 6.84. The van der Waals surface area contributed by atoms with Crippen molar-refractivity contribution < 1.29 is 13.6 Å². The molecule has 1 N–H and O–H groups in total. The van der Waals surface area contributed by atoms with Gasteiger partial charge in [-0.25, -0.2) is 4.57 Å². The molecule has 1 atom stereocenters. The van der Waals surface area contributed by atoms with E-state index in [1.807, 2.05) is 32.0 Å². The molecule has 16 heavy (non-hydrogen) atoms. The Hall–Kier alpha value is -0.990. The molecule has 0 aromatic heterocycles. The Balaban J connectivity index is 2.43. The maximum absolute atomic E-state index is 12.5. The lowest BCUT2D eigenvalue weighted by molar-refractivity contribution is 0.257. The van der Waals surface area contributed by atoms with Crippen LogP contribution in [0.15, 0.2) is 24.3 Å². The van der Waals surface area contributed by atoms with Gasteiger partial charge in [-0.15, -0.1) is 0 Å². The zero-order chi connectivity index (χ0) is 11.8. The van der Waals surface area contributed by atoms with Crippen molar-refractivity contribution in [1.29, 1.82) is 0 Å². The zero-order valence-corrected chi connectivity index (χ0v) is 10.6. The minimum absolute atomic E-state index is 0.366. The summed E-state index contributed by atoms with van der Waals surface area (Å²) in [5, 5.41) is 2.49. The molecule has 1 unspecified atom stereocenters. The maximum Gasteiger partial charge on any atom is 0.403 e. The lowest BCUT2D eigenvalue weighted by Crippen LogP contribution is -2.36. The summed E-state index contributed by atoms with van der Waals surface area (Å²) in [7, 11) is -3.16. The minimum atomic E-state index is -3.16. The number of rotatable bonds is 2. The number of fused-ring (bicyclic) bond motifs is 1. The van der Waals surface area contributed by atoms with Gasteiger partial charge in [0.2, 0.25) is 0 Å². The molecule has 1 aliphatic rings. The smallest absolute Gasteiger partial charge is 0.403 e. The predicted octanol–water partition coefficient (Wildman–Crippen LogP) is 3.46. The van der Waals surface area contributed by atoms with Crippen molar-refractivity contribution >= 4 is 13.3 Å². The van der Waals surface area contributed by atoms with Gasteiger partial charge >= 0.3 is 7.60 Å². The van der Waals surface area contributed by atoms with Crippen LogP contribution in [-0.2, 0) is 9.09 Å². The monoisotopic (exact) mass is 241 g/mol. The molecule has 0 saturated heterocycles. The van der Waals surface area contributed by atoms with E-state index in [0.29, 0.717) is 12.4 Å². The van der Waals surface area contributed by atoms with Crippen molar-refractivity contribution in [2.75, 3.05) is 11.9 Å². The van der Waals surface area contributed by atoms with Crippen LogP contribution in [0, 0.1) is 0 Å². The Morgan fingerprint density at radius 3 is 2.81 bits per heavy atom. The van der Waals surface area contributed by atoms with E-state index in [-0.39, 0.29) is 0 Å². The first-order valence-electron chi connectivity index (χ1n) is 5.30. The highest BCUT2D eigenvalue weighted by Gasteiger charge is 2.48. The fourth-order valence-corrected chi connectivity index (χ4v) is 3.27. The normalized spacial score (nSPS) is 26.4. The van der Waals surface area contributed by atoms with Crippen molar-refractivity contribution in [3.8, 4) is 5.75 Å². The Bertz CT molecular complexity index is 445. The van der Waals surface area contributed by atoms with Crippen molar-refractivity contribution in [3.63, 3.8) is 0 Å². The van der Waals surface area contributed by atoms with Crippen molar-refractivity contribution in [2.24, 2.45) is 0 Å². The molecule has 1 aromatic rings. The minimum Gasteiger partial charge on any atom is -0.421 e. The van der Waals surface area contributed by atoms with Gasteiger partial charge in [0.25, 0.3) is 0 Å². The molecule has 5 heteroatoms. The van der Waals surface area contributed by atoms with Crippen LogP contribution in [0.3, 0.4) is 0 Å². The van der Waals surface area contributed by atoms with Crippen molar-refractivity contribution in [3.05, 3.63) is 24.3 Å². The second kappa shape index (κ2) is 3.79. The summed E-state index contributed by atoms with van der Waals surface area (Å²) < 4.78 is 23.4. The third-order valence-electron chi connectivity index (χ3n) is 2.53. The van der Waals surface area contributed by atoms with Crippen molar-refractivity contribution in [1.82, 2.24) is 0 Å². The highest BCUT2D eigenvalue weighted by atomic mass is 31.2. The Morgan fingerprint density at radius 2 is 2.12 bits per heavy atom. The topological polar surface area (TPSA) is 47.6 Å². The molecule has 88 valence electrons. The van der Waals surface area contributed by atoms with Gasteiger partial charge in [0.05, 0.1) is 12.3 Å². The summed E-state index contributed by atoms with van der Waals surface area (Å²) in [5.41, 5.74) is 0.846. The highest BCUT2D eigenvalue weighted by Crippen LogP contribution is 2.63. The van der Waals surface area contributed by atoms with Crippen LogP contribution in [0.25, 0.3) is 0 Å². The van der Waals surface area contributed by atoms with Gasteiger partial charge in [0, 0.05) is 0 Å². The summed E-state index contributed by atoms with van der Waals surface area (Å²) >= 11 is 0. The molecule has 0 saturated carbocycles. The number of hydrogen-bond donors (Lipinski definition) is 1. The molecule has 4 nitrogen and oxygen atoms in total. The highest BCUT2D eigenvalue weighted by molar-refractivity contribution is 7.56. The molecule has 1 heterocycles. The van der Waals surface area contributed by atoms with E-state index in [2.05, 4.69) is 5.32 Å². The molecular formula is C11H16NO3P. The van der Waals surface area contributed by atoms with E-state index in [9.17, 15) is 4.57 Å². The van der Waals surface area contributed by atoms with E-state index in [4.69, 9.17) is 9.05 Å². The van der Waals surface area contributed by atoms with Gasteiger partial charge in [-0.3, -0.25) is 4.52 Å². The number of benzene rings is 1. The average Bonchev–Trinajstić information content (AvgIpc) is 2.19. The Labute approximate surface area is 95.5 Å². The molecule has 0 aliphatic carbocycles. The maximum atomic E-state index is 12.5. The number of hydrogen-bond acceptors (Lipinski definition) is 4. The molecule has 0 amide bonds. The van der Waals surface area contributed by atoms with Crippen LogP contribution < -0.4 is 9.84 Å². The van der Waals surface area contributed by atoms with Gasteiger partial charge in [-0.2, -0.15) is 0 Å². The fraction of sp³-hybridized carbons (Fsp3) is 0.455. The summed E-state index contributed by atoms with van der Waals surface area (Å²) in [6.07, 6.45) is 0. The average molecular weight is 241 g/mol. The number of nitrogens with one attached hydrogen (secondary N) is 1. The third kappa shape index (κ3) is 1.72. The van der Waals surface area contributed by atoms with Gasteiger partial charge in [-0.05, 0) is 32.9 Å². The molecule has 2 rings (SSSR count). The molecule has 1 aliphatic heterocycles. The van der Waals surface area contributed by atoms with Crippen LogP contribution in [0.1, 0.15) is 20.8 Å². The molecular weight excluding hydrogens is 225 g/mol. The second-order valence-electron chi connectivity index (χ2n) is 4.19. The van der Waals surface area contributed by atoms with Gasteiger partial charge in [0.15, 0.2) is 5.75 Å². The standard InChI is InChI=1S/C11H16NO3P/c1-4-14-16(13)11(2,3)12-9-7-5-6-8-10(9)15-16/h5-8,12H,4H2,1-3H3. The SMILES string of the molecule is CCOP1(=O)Oc2ccccc2NC1(C)C. The van der Waals surface area contributed by atoms with E-state index in [1.54, 1.807) is 13.0 Å².